The molecule has 0 aromatic heterocycles. The molecule has 0 aliphatic carbocycles. The minimum absolute atomic E-state index is 0.212. The number of hydrogen-bond donors (Lipinski definition) is 1. The van der Waals surface area contributed by atoms with Crippen LogP contribution in [0.1, 0.15) is 0 Å². The monoisotopic (exact) mass is 190 g/mol. The molecule has 76 valence electrons. The largest absolute Gasteiger partial charge is 0.569 e. The Morgan fingerprint density at radius 2 is 2.08 bits per heavy atom. The van der Waals surface area contributed by atoms with Gasteiger partial charge >= 0.3 is 0 Å². The lowest BCUT2D eigenvalue weighted by Gasteiger charge is -2.30. The van der Waals surface area contributed by atoms with Crippen LogP contribution in [-0.2, 0) is 4.74 Å². The Kier molecular flexibility index (Phi) is 3.71. The van der Waals surface area contributed by atoms with Gasteiger partial charge in [-0.15, -0.1) is 5.01 Å². The highest BCUT2D eigenvalue weighted by Gasteiger charge is 2.21. The zero-order valence-corrected chi connectivity index (χ0v) is 7.59. The van der Waals surface area contributed by atoms with Crippen LogP contribution in [-0.4, -0.2) is 60.1 Å². The smallest absolute Gasteiger partial charge is 0.230 e. The summed E-state index contributed by atoms with van der Waals surface area (Å²) in [5.41, 5.74) is 0. The Balaban J connectivity index is 2.30. The number of ether oxygens (including phenoxy) is 1. The normalized spacial score (nSPS) is 20.7. The highest BCUT2D eigenvalue weighted by molar-refractivity contribution is 4.63. The molecule has 7 nitrogen and oxygen atoms in total. The first-order valence-electron chi connectivity index (χ1n) is 4.06. The Morgan fingerprint density at radius 3 is 2.54 bits per heavy atom. The first-order chi connectivity index (χ1) is 6.27. The summed E-state index contributed by atoms with van der Waals surface area (Å²) in [6.07, 6.45) is 0. The highest BCUT2D eigenvalue weighted by Crippen LogP contribution is 2.01. The molecule has 1 N–H and O–H groups in total. The molecule has 0 atom stereocenters. The molecular formula is C6H14N4O3. The number of hydrogen-bond acceptors (Lipinski definition) is 4. The summed E-state index contributed by atoms with van der Waals surface area (Å²) >= 11 is 0. The van der Waals surface area contributed by atoms with E-state index in [1.54, 1.807) is 7.11 Å². The van der Waals surface area contributed by atoms with E-state index in [1.165, 1.54) is 5.01 Å². The lowest BCUT2D eigenvalue weighted by molar-refractivity contribution is -0.711. The van der Waals surface area contributed by atoms with Gasteiger partial charge in [-0.05, 0) is 0 Å². The van der Waals surface area contributed by atoms with Crippen molar-refractivity contribution in [2.24, 2.45) is 5.28 Å². The SMILES string of the molecule is COCN1CCN(/[N+]([O-])=N/O)CC1. The quantitative estimate of drug-likeness (QED) is 0.368. The summed E-state index contributed by atoms with van der Waals surface area (Å²) in [4.78, 5) is 2.28. The number of methoxy groups -OCH3 is 1. The maximum atomic E-state index is 10.8. The zero-order chi connectivity index (χ0) is 9.68. The molecule has 1 aliphatic heterocycles. The van der Waals surface area contributed by atoms with Crippen molar-refractivity contribution in [1.82, 2.24) is 9.91 Å². The van der Waals surface area contributed by atoms with Gasteiger partial charge in [0, 0.05) is 20.2 Å². The van der Waals surface area contributed by atoms with E-state index in [-0.39, 0.29) is 4.97 Å². The third-order valence-electron chi connectivity index (χ3n) is 1.98. The maximum Gasteiger partial charge on any atom is 0.230 e. The third kappa shape index (κ3) is 2.71. The Hall–Kier alpha value is -1.08. The molecule has 1 aliphatic rings. The van der Waals surface area contributed by atoms with Crippen molar-refractivity contribution in [3.63, 3.8) is 0 Å². The molecule has 1 fully saturated rings. The minimum Gasteiger partial charge on any atom is -0.569 e. The van der Waals surface area contributed by atoms with Crippen molar-refractivity contribution in [3.8, 4) is 0 Å². The van der Waals surface area contributed by atoms with E-state index in [0.29, 0.717) is 19.8 Å². The fourth-order valence-electron chi connectivity index (χ4n) is 1.28. The molecule has 0 unspecified atom stereocenters. The van der Waals surface area contributed by atoms with Crippen LogP contribution in [0, 0.1) is 5.21 Å². The van der Waals surface area contributed by atoms with E-state index in [4.69, 9.17) is 9.94 Å². The van der Waals surface area contributed by atoms with Crippen molar-refractivity contribution in [2.45, 2.75) is 0 Å². The van der Waals surface area contributed by atoms with Crippen LogP contribution < -0.4 is 0 Å². The molecule has 0 radical (unpaired) electrons. The predicted molar refractivity (Wildman–Crippen MR) is 42.9 cm³/mol. The number of piperazine rings is 1. The fourth-order valence-corrected chi connectivity index (χ4v) is 1.28. The fraction of sp³-hybridized carbons (Fsp3) is 1.00. The van der Waals surface area contributed by atoms with Crippen LogP contribution in [0.5, 0.6) is 0 Å². The molecule has 0 aromatic carbocycles. The van der Waals surface area contributed by atoms with Crippen LogP contribution >= 0.6 is 0 Å². The second-order valence-corrected chi connectivity index (χ2v) is 2.83. The molecule has 0 bridgehead atoms. The van der Waals surface area contributed by atoms with Crippen molar-refractivity contribution >= 4 is 0 Å². The van der Waals surface area contributed by atoms with Gasteiger partial charge in [-0.2, -0.15) is 0 Å². The van der Waals surface area contributed by atoms with Gasteiger partial charge in [0.2, 0.25) is 5.28 Å². The Bertz CT molecular complexity index is 179. The molecule has 0 amide bonds. The van der Waals surface area contributed by atoms with E-state index in [9.17, 15) is 5.21 Å². The average molecular weight is 190 g/mol. The van der Waals surface area contributed by atoms with Gasteiger partial charge in [0.05, 0.1) is 24.8 Å². The molecular weight excluding hydrogens is 176 g/mol. The summed E-state index contributed by atoms with van der Waals surface area (Å²) < 4.78 is 4.95. The van der Waals surface area contributed by atoms with Crippen molar-refractivity contribution < 1.29 is 14.9 Å². The van der Waals surface area contributed by atoms with Gasteiger partial charge in [-0.1, -0.05) is 0 Å². The predicted octanol–water partition coefficient (Wildman–Crippen LogP) is -0.525. The second kappa shape index (κ2) is 4.83. The van der Waals surface area contributed by atoms with E-state index in [2.05, 4.69) is 10.2 Å². The number of nitrogens with zero attached hydrogens (tertiary/aromatic N) is 4. The van der Waals surface area contributed by atoms with E-state index in [1.807, 2.05) is 0 Å². The highest BCUT2D eigenvalue weighted by atomic mass is 16.6. The van der Waals surface area contributed by atoms with Crippen molar-refractivity contribution in [2.75, 3.05) is 40.0 Å². The summed E-state index contributed by atoms with van der Waals surface area (Å²) in [6, 6.07) is 0. The zero-order valence-electron chi connectivity index (χ0n) is 7.59. The van der Waals surface area contributed by atoms with Crippen LogP contribution in [0.4, 0.5) is 0 Å². The molecule has 0 aromatic rings. The summed E-state index contributed by atoms with van der Waals surface area (Å²) in [7, 11) is 1.63. The van der Waals surface area contributed by atoms with Gasteiger partial charge in [0.25, 0.3) is 0 Å². The summed E-state index contributed by atoms with van der Waals surface area (Å²) in [5.74, 6) is 0. The first kappa shape index (κ1) is 10.0. The lowest BCUT2D eigenvalue weighted by atomic mass is 10.4. The van der Waals surface area contributed by atoms with Crippen LogP contribution in [0.25, 0.3) is 0 Å². The maximum absolute atomic E-state index is 10.8. The van der Waals surface area contributed by atoms with E-state index in [0.717, 1.165) is 13.1 Å². The first-order valence-corrected chi connectivity index (χ1v) is 4.06. The number of rotatable bonds is 3. The molecule has 1 heterocycles. The molecule has 13 heavy (non-hydrogen) atoms. The topological polar surface area (TPSA) is 74.4 Å². The standard InChI is InChI=1S/C6H14N4O3/c1-13-6-8-2-4-9(5-3-8)10(12)7-11/h11H,2-6H2,1H3/b10-7-. The molecule has 1 rings (SSSR count). The lowest BCUT2D eigenvalue weighted by Crippen LogP contribution is -2.49. The van der Waals surface area contributed by atoms with Gasteiger partial charge in [0.15, 0.2) is 0 Å². The summed E-state index contributed by atoms with van der Waals surface area (Å²) in [5, 5.41) is 23.0. The van der Waals surface area contributed by atoms with Gasteiger partial charge in [-0.3, -0.25) is 4.90 Å². The molecule has 7 heteroatoms. The second-order valence-electron chi connectivity index (χ2n) is 2.83. The van der Waals surface area contributed by atoms with Gasteiger partial charge < -0.3 is 15.2 Å². The Labute approximate surface area is 76.3 Å². The minimum atomic E-state index is 0.212. The Morgan fingerprint density at radius 1 is 1.46 bits per heavy atom. The van der Waals surface area contributed by atoms with Gasteiger partial charge in [-0.25, -0.2) is 0 Å². The van der Waals surface area contributed by atoms with Crippen LogP contribution in [0.2, 0.25) is 0 Å². The molecule has 0 saturated carbocycles. The van der Waals surface area contributed by atoms with Crippen molar-refractivity contribution in [1.29, 1.82) is 0 Å². The van der Waals surface area contributed by atoms with Crippen LogP contribution in [0.15, 0.2) is 5.28 Å². The average Bonchev–Trinajstić information content (AvgIpc) is 2.18. The third-order valence-corrected chi connectivity index (χ3v) is 1.98. The number of hydrazine groups is 1. The molecule has 1 saturated heterocycles. The van der Waals surface area contributed by atoms with E-state index < -0.39 is 0 Å². The molecule has 0 spiro atoms. The van der Waals surface area contributed by atoms with E-state index >= 15 is 0 Å². The summed E-state index contributed by atoms with van der Waals surface area (Å²) in [6.45, 7) is 3.15. The van der Waals surface area contributed by atoms with Crippen molar-refractivity contribution in [3.05, 3.63) is 5.21 Å². The van der Waals surface area contributed by atoms with Crippen LogP contribution in [0.3, 0.4) is 0 Å². The van der Waals surface area contributed by atoms with Gasteiger partial charge in [0.1, 0.15) is 0 Å².